The second-order valence-electron chi connectivity index (χ2n) is 5.82. The molecule has 0 spiro atoms. The first kappa shape index (κ1) is 17.4. The Labute approximate surface area is 146 Å². The highest BCUT2D eigenvalue weighted by Crippen LogP contribution is 2.33. The second kappa shape index (κ2) is 7.20. The molecule has 0 saturated carbocycles. The maximum atomic E-state index is 12.8. The van der Waals surface area contributed by atoms with Crippen molar-refractivity contribution in [3.8, 4) is 0 Å². The van der Waals surface area contributed by atoms with Crippen molar-refractivity contribution in [1.29, 1.82) is 0 Å². The van der Waals surface area contributed by atoms with E-state index in [0.717, 1.165) is 32.6 Å². The summed E-state index contributed by atoms with van der Waals surface area (Å²) in [6.07, 6.45) is 0.928. The van der Waals surface area contributed by atoms with Gasteiger partial charge in [-0.1, -0.05) is 18.2 Å². The number of rotatable bonds is 4. The summed E-state index contributed by atoms with van der Waals surface area (Å²) in [5.41, 5.74) is 0.279. The molecule has 0 aliphatic carbocycles. The Hall–Kier alpha value is -2.45. The first-order valence-electron chi connectivity index (χ1n) is 8.04. The minimum atomic E-state index is -3.94. The van der Waals surface area contributed by atoms with Crippen molar-refractivity contribution >= 4 is 21.2 Å². The largest absolute Gasteiger partial charge is 0.370 e. The fraction of sp³-hybridized carbons (Fsp3) is 0.294. The first-order chi connectivity index (χ1) is 12.0. The number of benzene rings is 2. The van der Waals surface area contributed by atoms with Gasteiger partial charge >= 0.3 is 0 Å². The third-order valence-corrected chi connectivity index (χ3v) is 6.00. The quantitative estimate of drug-likeness (QED) is 0.663. The van der Waals surface area contributed by atoms with Gasteiger partial charge in [0.1, 0.15) is 4.90 Å². The molecule has 132 valence electrons. The Morgan fingerprint density at radius 2 is 1.80 bits per heavy atom. The Balaban J connectivity index is 2.05. The zero-order valence-corrected chi connectivity index (χ0v) is 14.4. The van der Waals surface area contributed by atoms with Crippen molar-refractivity contribution in [1.82, 2.24) is 5.32 Å². The zero-order chi connectivity index (χ0) is 17.9. The number of anilines is 1. The Morgan fingerprint density at radius 1 is 1.04 bits per heavy atom. The van der Waals surface area contributed by atoms with E-state index in [9.17, 15) is 18.5 Å². The van der Waals surface area contributed by atoms with Crippen LogP contribution in [0.2, 0.25) is 0 Å². The van der Waals surface area contributed by atoms with E-state index < -0.39 is 20.4 Å². The lowest BCUT2D eigenvalue weighted by atomic mass is 10.2. The minimum absolute atomic E-state index is 0.0461. The van der Waals surface area contributed by atoms with Crippen molar-refractivity contribution in [2.45, 2.75) is 16.2 Å². The molecule has 0 aromatic heterocycles. The maximum Gasteiger partial charge on any atom is 0.290 e. The molecular weight excluding hydrogens is 342 g/mol. The molecule has 1 saturated heterocycles. The topological polar surface area (TPSA) is 92.6 Å². The summed E-state index contributed by atoms with van der Waals surface area (Å²) in [5.74, 6) is 0. The minimum Gasteiger partial charge on any atom is -0.370 e. The summed E-state index contributed by atoms with van der Waals surface area (Å²) in [4.78, 5) is 12.7. The average Bonchev–Trinajstić information content (AvgIpc) is 2.91. The van der Waals surface area contributed by atoms with Gasteiger partial charge in [0.2, 0.25) is 9.84 Å². The van der Waals surface area contributed by atoms with Gasteiger partial charge in [-0.05, 0) is 37.2 Å². The Kier molecular flexibility index (Phi) is 5.00. The fourth-order valence-corrected chi connectivity index (χ4v) is 4.33. The van der Waals surface area contributed by atoms with Crippen LogP contribution >= 0.6 is 0 Å². The predicted molar refractivity (Wildman–Crippen MR) is 94.7 cm³/mol. The molecule has 1 aliphatic rings. The number of nitrogens with one attached hydrogen (secondary N) is 1. The molecule has 0 radical (unpaired) electrons. The molecule has 0 amide bonds. The van der Waals surface area contributed by atoms with Crippen molar-refractivity contribution in [2.24, 2.45) is 0 Å². The molecule has 3 rings (SSSR count). The fourth-order valence-electron chi connectivity index (χ4n) is 2.90. The van der Waals surface area contributed by atoms with E-state index in [1.54, 1.807) is 24.3 Å². The van der Waals surface area contributed by atoms with Crippen LogP contribution in [0.25, 0.3) is 0 Å². The number of sulfone groups is 1. The normalized spacial score (nSPS) is 15.6. The van der Waals surface area contributed by atoms with E-state index in [0.29, 0.717) is 5.69 Å². The van der Waals surface area contributed by atoms with Gasteiger partial charge < -0.3 is 10.2 Å². The summed E-state index contributed by atoms with van der Waals surface area (Å²) in [6.45, 7) is 3.19. The summed E-state index contributed by atoms with van der Waals surface area (Å²) >= 11 is 0. The second-order valence-corrected chi connectivity index (χ2v) is 7.73. The van der Waals surface area contributed by atoms with Crippen LogP contribution < -0.4 is 10.2 Å². The first-order valence-corrected chi connectivity index (χ1v) is 9.53. The number of hydrogen-bond donors (Lipinski definition) is 1. The van der Waals surface area contributed by atoms with E-state index in [2.05, 4.69) is 5.32 Å². The van der Waals surface area contributed by atoms with Gasteiger partial charge in [-0.3, -0.25) is 10.1 Å². The molecule has 2 aromatic carbocycles. The lowest BCUT2D eigenvalue weighted by Crippen LogP contribution is -2.27. The molecule has 8 heteroatoms. The van der Waals surface area contributed by atoms with Crippen LogP contribution in [-0.4, -0.2) is 39.5 Å². The third-order valence-electron chi connectivity index (χ3n) is 4.19. The molecule has 7 nitrogen and oxygen atoms in total. The summed E-state index contributed by atoms with van der Waals surface area (Å²) in [5, 5.41) is 14.8. The van der Waals surface area contributed by atoms with E-state index in [-0.39, 0.29) is 9.79 Å². The smallest absolute Gasteiger partial charge is 0.290 e. The molecule has 0 atom stereocenters. The van der Waals surface area contributed by atoms with Crippen LogP contribution in [0, 0.1) is 10.1 Å². The molecule has 25 heavy (non-hydrogen) atoms. The van der Waals surface area contributed by atoms with Crippen molar-refractivity contribution in [2.75, 3.05) is 31.1 Å². The maximum absolute atomic E-state index is 12.8. The van der Waals surface area contributed by atoms with Gasteiger partial charge in [0.15, 0.2) is 0 Å². The lowest BCUT2D eigenvalue weighted by Gasteiger charge is -2.22. The van der Waals surface area contributed by atoms with Crippen LogP contribution in [-0.2, 0) is 9.84 Å². The molecule has 1 fully saturated rings. The van der Waals surface area contributed by atoms with Gasteiger partial charge in [-0.2, -0.15) is 0 Å². The summed E-state index contributed by atoms with van der Waals surface area (Å²) < 4.78 is 25.5. The summed E-state index contributed by atoms with van der Waals surface area (Å²) in [6, 6.07) is 12.1. The predicted octanol–water partition coefficient (Wildman–Crippen LogP) is 2.23. The number of hydrogen-bond acceptors (Lipinski definition) is 6. The van der Waals surface area contributed by atoms with Crippen LogP contribution in [0.5, 0.6) is 0 Å². The highest BCUT2D eigenvalue weighted by atomic mass is 32.2. The standard InChI is InChI=1S/C17H19N3O4S/c21-20(22)16-13-14(19-11-4-9-18-10-12-19)7-8-17(16)25(23,24)15-5-2-1-3-6-15/h1-3,5-8,13,18H,4,9-12H2. The zero-order valence-electron chi connectivity index (χ0n) is 13.6. The van der Waals surface area contributed by atoms with E-state index >= 15 is 0 Å². The van der Waals surface area contributed by atoms with Gasteiger partial charge in [-0.25, -0.2) is 8.42 Å². The molecule has 1 N–H and O–H groups in total. The Morgan fingerprint density at radius 3 is 2.52 bits per heavy atom. The molecule has 1 heterocycles. The molecule has 0 bridgehead atoms. The number of nitro groups is 1. The SMILES string of the molecule is O=[N+]([O-])c1cc(N2CCCNCC2)ccc1S(=O)(=O)c1ccccc1. The van der Waals surface area contributed by atoms with Crippen molar-refractivity contribution in [3.05, 3.63) is 58.6 Å². The lowest BCUT2D eigenvalue weighted by molar-refractivity contribution is -0.387. The van der Waals surface area contributed by atoms with Crippen molar-refractivity contribution < 1.29 is 13.3 Å². The number of nitro benzene ring substituents is 1. The van der Waals surface area contributed by atoms with Gasteiger partial charge in [0, 0.05) is 31.4 Å². The van der Waals surface area contributed by atoms with Gasteiger partial charge in [0.05, 0.1) is 9.82 Å². The highest BCUT2D eigenvalue weighted by Gasteiger charge is 2.28. The van der Waals surface area contributed by atoms with Crippen molar-refractivity contribution in [3.63, 3.8) is 0 Å². The van der Waals surface area contributed by atoms with Crippen LogP contribution in [0.15, 0.2) is 58.3 Å². The summed E-state index contributed by atoms with van der Waals surface area (Å²) in [7, 11) is -3.94. The average molecular weight is 361 g/mol. The molecular formula is C17H19N3O4S. The molecule has 0 unspecified atom stereocenters. The van der Waals surface area contributed by atoms with Gasteiger partial charge in [0.25, 0.3) is 5.69 Å². The van der Waals surface area contributed by atoms with Crippen LogP contribution in [0.1, 0.15) is 6.42 Å². The number of nitrogens with zero attached hydrogens (tertiary/aromatic N) is 2. The van der Waals surface area contributed by atoms with Crippen LogP contribution in [0.4, 0.5) is 11.4 Å². The van der Waals surface area contributed by atoms with Gasteiger partial charge in [-0.15, -0.1) is 0 Å². The van der Waals surface area contributed by atoms with Crippen LogP contribution in [0.3, 0.4) is 0 Å². The molecule has 2 aromatic rings. The van der Waals surface area contributed by atoms with E-state index in [4.69, 9.17) is 0 Å². The molecule has 1 aliphatic heterocycles. The third kappa shape index (κ3) is 3.64. The van der Waals surface area contributed by atoms with E-state index in [1.807, 2.05) is 4.90 Å². The monoisotopic (exact) mass is 361 g/mol. The highest BCUT2D eigenvalue weighted by molar-refractivity contribution is 7.91. The Bertz CT molecular complexity index is 861. The van der Waals surface area contributed by atoms with E-state index in [1.165, 1.54) is 24.3 Å².